The van der Waals surface area contributed by atoms with Crippen LogP contribution >= 0.6 is 0 Å². The Morgan fingerprint density at radius 2 is 1.50 bits per heavy atom. The molecule has 2 aromatic rings. The quantitative estimate of drug-likeness (QED) is 0.706. The predicted molar refractivity (Wildman–Crippen MR) is 96.5 cm³/mol. The van der Waals surface area contributed by atoms with Gasteiger partial charge >= 0.3 is 0 Å². The number of hydrogen-bond donors (Lipinski definition) is 0. The summed E-state index contributed by atoms with van der Waals surface area (Å²) in [5, 5.41) is 0. The Kier molecular flexibility index (Phi) is 5.79. The van der Waals surface area contributed by atoms with Gasteiger partial charge in [0, 0.05) is 0 Å². The number of benzene rings is 2. The molecule has 118 valence electrons. The zero-order valence-corrected chi connectivity index (χ0v) is 14.5. The van der Waals surface area contributed by atoms with E-state index in [4.69, 9.17) is 0 Å². The maximum atomic E-state index is 2.43. The lowest BCUT2D eigenvalue weighted by Crippen LogP contribution is -2.29. The van der Waals surface area contributed by atoms with E-state index in [0.29, 0.717) is 0 Å². The fraction of sp³-hybridized carbons (Fsp3) is 0.429. The van der Waals surface area contributed by atoms with Crippen LogP contribution in [0.2, 0.25) is 0 Å². The Balaban J connectivity index is 2.19. The van der Waals surface area contributed by atoms with E-state index in [-0.39, 0.29) is 5.41 Å². The van der Waals surface area contributed by atoms with Crippen LogP contribution in [0.5, 0.6) is 0 Å². The van der Waals surface area contributed by atoms with Crippen molar-refractivity contribution in [1.29, 1.82) is 0 Å². The fourth-order valence-electron chi connectivity index (χ4n) is 3.18. The first kappa shape index (κ1) is 16.8. The van der Waals surface area contributed by atoms with E-state index in [9.17, 15) is 0 Å². The highest BCUT2D eigenvalue weighted by Gasteiger charge is 2.27. The number of rotatable bonds is 7. The summed E-state index contributed by atoms with van der Waals surface area (Å²) in [5.41, 5.74) is 4.59. The highest BCUT2D eigenvalue weighted by atomic mass is 15.0. The zero-order valence-electron chi connectivity index (χ0n) is 14.5. The first-order valence-electron chi connectivity index (χ1n) is 8.26. The Morgan fingerprint density at radius 1 is 0.864 bits per heavy atom. The van der Waals surface area contributed by atoms with Crippen molar-refractivity contribution in [2.45, 2.75) is 38.5 Å². The molecule has 0 saturated carbocycles. The maximum Gasteiger partial charge on any atom is -0.00164 e. The molecule has 1 atom stereocenters. The molecule has 0 aliphatic rings. The highest BCUT2D eigenvalue weighted by molar-refractivity contribution is 5.33. The van der Waals surface area contributed by atoms with Gasteiger partial charge in [0.2, 0.25) is 0 Å². The lowest BCUT2D eigenvalue weighted by molar-refractivity contribution is 0.314. The molecule has 0 aromatic heterocycles. The van der Waals surface area contributed by atoms with Gasteiger partial charge in [0.05, 0.1) is 0 Å². The molecule has 0 spiro atoms. The molecule has 1 heteroatoms. The second kappa shape index (κ2) is 7.60. The first-order valence-corrected chi connectivity index (χ1v) is 8.26. The fourth-order valence-corrected chi connectivity index (χ4v) is 3.18. The molecular formula is C21H29N. The summed E-state index contributed by atoms with van der Waals surface area (Å²) in [6.45, 7) is 5.80. The Morgan fingerprint density at radius 3 is 2.14 bits per heavy atom. The van der Waals surface area contributed by atoms with Crippen molar-refractivity contribution < 1.29 is 0 Å². The lowest BCUT2D eigenvalue weighted by Gasteiger charge is -2.33. The molecule has 0 bridgehead atoms. The van der Waals surface area contributed by atoms with E-state index >= 15 is 0 Å². The molecule has 22 heavy (non-hydrogen) atoms. The Bertz CT molecular complexity index is 573. The molecule has 0 aliphatic carbocycles. The van der Waals surface area contributed by atoms with Crippen LogP contribution < -0.4 is 0 Å². The van der Waals surface area contributed by atoms with Gasteiger partial charge in [0.25, 0.3) is 0 Å². The maximum absolute atomic E-state index is 2.43. The minimum atomic E-state index is 0.228. The average Bonchev–Trinajstić information content (AvgIpc) is 2.52. The molecule has 0 radical (unpaired) electrons. The van der Waals surface area contributed by atoms with E-state index in [2.05, 4.69) is 87.4 Å². The monoisotopic (exact) mass is 295 g/mol. The highest BCUT2D eigenvalue weighted by Crippen LogP contribution is 2.34. The third-order valence-corrected chi connectivity index (χ3v) is 4.71. The van der Waals surface area contributed by atoms with E-state index < -0.39 is 0 Å². The Labute approximate surface area is 136 Å². The van der Waals surface area contributed by atoms with Gasteiger partial charge in [-0.15, -0.1) is 0 Å². The van der Waals surface area contributed by atoms with Crippen molar-refractivity contribution in [2.24, 2.45) is 0 Å². The van der Waals surface area contributed by atoms with Crippen molar-refractivity contribution in [3.05, 3.63) is 71.3 Å². The van der Waals surface area contributed by atoms with E-state index in [1.165, 1.54) is 29.5 Å². The summed E-state index contributed by atoms with van der Waals surface area (Å²) >= 11 is 0. The van der Waals surface area contributed by atoms with Crippen LogP contribution in [0.3, 0.4) is 0 Å². The summed E-state index contributed by atoms with van der Waals surface area (Å²) < 4.78 is 0. The standard InChI is InChI=1S/C21H29N/c1-18-10-8-9-13-20(18)21(2,16-17-22(3)4)15-14-19-11-6-5-7-12-19/h5-13H,14-17H2,1-4H3. The lowest BCUT2D eigenvalue weighted by atomic mass is 9.73. The number of aryl methyl sites for hydroxylation is 2. The van der Waals surface area contributed by atoms with Gasteiger partial charge < -0.3 is 4.90 Å². The number of nitrogens with zero attached hydrogens (tertiary/aromatic N) is 1. The molecule has 1 unspecified atom stereocenters. The smallest absolute Gasteiger partial charge is 0.00164 e. The van der Waals surface area contributed by atoms with E-state index in [0.717, 1.165) is 13.0 Å². The van der Waals surface area contributed by atoms with Crippen molar-refractivity contribution in [2.75, 3.05) is 20.6 Å². The molecule has 2 rings (SSSR count). The van der Waals surface area contributed by atoms with Crippen molar-refractivity contribution in [1.82, 2.24) is 4.90 Å². The molecule has 0 heterocycles. The first-order chi connectivity index (χ1) is 10.5. The second-order valence-corrected chi connectivity index (χ2v) is 6.91. The third-order valence-electron chi connectivity index (χ3n) is 4.71. The second-order valence-electron chi connectivity index (χ2n) is 6.91. The summed E-state index contributed by atoms with van der Waals surface area (Å²) in [6.07, 6.45) is 3.52. The normalized spacial score (nSPS) is 14.0. The van der Waals surface area contributed by atoms with Crippen molar-refractivity contribution in [3.8, 4) is 0 Å². The Hall–Kier alpha value is -1.60. The van der Waals surface area contributed by atoms with Gasteiger partial charge in [-0.2, -0.15) is 0 Å². The predicted octanol–water partition coefficient (Wildman–Crippen LogP) is 4.84. The molecule has 2 aromatic carbocycles. The number of hydrogen-bond acceptors (Lipinski definition) is 1. The van der Waals surface area contributed by atoms with Gasteiger partial charge in [0.1, 0.15) is 0 Å². The van der Waals surface area contributed by atoms with Gasteiger partial charge in [0.15, 0.2) is 0 Å². The summed E-state index contributed by atoms with van der Waals surface area (Å²) in [5.74, 6) is 0. The molecule has 0 amide bonds. The molecule has 0 saturated heterocycles. The zero-order chi connectivity index (χ0) is 16.0. The molecule has 0 aliphatic heterocycles. The van der Waals surface area contributed by atoms with Crippen LogP contribution in [0.15, 0.2) is 54.6 Å². The summed E-state index contributed by atoms with van der Waals surface area (Å²) in [7, 11) is 4.32. The SMILES string of the molecule is Cc1ccccc1C(C)(CCc1ccccc1)CCN(C)C. The van der Waals surface area contributed by atoms with Crippen LogP contribution in [-0.4, -0.2) is 25.5 Å². The third kappa shape index (κ3) is 4.45. The largest absolute Gasteiger partial charge is 0.309 e. The van der Waals surface area contributed by atoms with Gasteiger partial charge in [-0.1, -0.05) is 61.5 Å². The minimum Gasteiger partial charge on any atom is -0.309 e. The minimum absolute atomic E-state index is 0.228. The van der Waals surface area contributed by atoms with Crippen LogP contribution in [-0.2, 0) is 11.8 Å². The topological polar surface area (TPSA) is 3.24 Å². The molecule has 0 N–H and O–H groups in total. The van der Waals surface area contributed by atoms with Crippen molar-refractivity contribution >= 4 is 0 Å². The van der Waals surface area contributed by atoms with E-state index in [1.54, 1.807) is 0 Å². The molecule has 0 fully saturated rings. The average molecular weight is 295 g/mol. The van der Waals surface area contributed by atoms with Crippen LogP contribution in [0.4, 0.5) is 0 Å². The summed E-state index contributed by atoms with van der Waals surface area (Å²) in [4.78, 5) is 2.29. The summed E-state index contributed by atoms with van der Waals surface area (Å²) in [6, 6.07) is 19.7. The van der Waals surface area contributed by atoms with Crippen LogP contribution in [0.1, 0.15) is 36.5 Å². The van der Waals surface area contributed by atoms with Gasteiger partial charge in [-0.05, 0) is 68.9 Å². The molecular weight excluding hydrogens is 266 g/mol. The van der Waals surface area contributed by atoms with Gasteiger partial charge in [-0.3, -0.25) is 0 Å². The van der Waals surface area contributed by atoms with Crippen LogP contribution in [0.25, 0.3) is 0 Å². The van der Waals surface area contributed by atoms with Gasteiger partial charge in [-0.25, -0.2) is 0 Å². The molecule has 1 nitrogen and oxygen atoms in total. The van der Waals surface area contributed by atoms with E-state index in [1.807, 2.05) is 0 Å². The van der Waals surface area contributed by atoms with Crippen LogP contribution in [0, 0.1) is 6.92 Å². The van der Waals surface area contributed by atoms with Crippen molar-refractivity contribution in [3.63, 3.8) is 0 Å².